The first-order chi connectivity index (χ1) is 7.75. The summed E-state index contributed by atoms with van der Waals surface area (Å²) < 4.78 is 0. The molecule has 16 heavy (non-hydrogen) atoms. The van der Waals surface area contributed by atoms with Gasteiger partial charge in [-0.2, -0.15) is 0 Å². The Morgan fingerprint density at radius 2 is 2.06 bits per heavy atom. The Kier molecular flexibility index (Phi) is 4.62. The van der Waals surface area contributed by atoms with Gasteiger partial charge in [0.05, 0.1) is 0 Å². The standard InChI is InChI=1S/C13H27N3/c1-12(14)5-2-7-15-8-4-10-16-9-3-6-13(16)11-15/h12-13H,2-11,14H2,1H3. The van der Waals surface area contributed by atoms with Crippen molar-refractivity contribution in [3.8, 4) is 0 Å². The van der Waals surface area contributed by atoms with E-state index in [1.165, 1.54) is 64.8 Å². The predicted molar refractivity (Wildman–Crippen MR) is 68.5 cm³/mol. The fourth-order valence-corrected chi connectivity index (χ4v) is 3.12. The van der Waals surface area contributed by atoms with Gasteiger partial charge in [-0.1, -0.05) is 0 Å². The fourth-order valence-electron chi connectivity index (χ4n) is 3.12. The van der Waals surface area contributed by atoms with Crippen molar-refractivity contribution in [3.63, 3.8) is 0 Å². The van der Waals surface area contributed by atoms with Gasteiger partial charge in [-0.25, -0.2) is 0 Å². The second-order valence-corrected chi connectivity index (χ2v) is 5.61. The lowest BCUT2D eigenvalue weighted by atomic mass is 10.1. The molecule has 0 radical (unpaired) electrons. The average Bonchev–Trinajstić information content (AvgIpc) is 2.57. The number of nitrogens with two attached hydrogens (primary N) is 1. The molecule has 2 heterocycles. The van der Waals surface area contributed by atoms with Crippen LogP contribution in [-0.2, 0) is 0 Å². The Bertz CT molecular complexity index is 205. The molecule has 2 aliphatic rings. The third-order valence-corrected chi connectivity index (χ3v) is 4.02. The molecule has 0 aromatic heterocycles. The van der Waals surface area contributed by atoms with Gasteiger partial charge in [0.15, 0.2) is 0 Å². The maximum Gasteiger partial charge on any atom is 0.0223 e. The molecule has 2 unspecified atom stereocenters. The van der Waals surface area contributed by atoms with Crippen LogP contribution in [0.15, 0.2) is 0 Å². The summed E-state index contributed by atoms with van der Waals surface area (Å²) in [5, 5.41) is 0. The second-order valence-electron chi connectivity index (χ2n) is 5.61. The lowest BCUT2D eigenvalue weighted by molar-refractivity contribution is 0.217. The van der Waals surface area contributed by atoms with Crippen LogP contribution in [0.2, 0.25) is 0 Å². The lowest BCUT2D eigenvalue weighted by Gasteiger charge is -2.25. The highest BCUT2D eigenvalue weighted by Gasteiger charge is 2.28. The zero-order valence-electron chi connectivity index (χ0n) is 10.7. The highest BCUT2D eigenvalue weighted by atomic mass is 15.3. The van der Waals surface area contributed by atoms with Gasteiger partial charge in [-0.05, 0) is 65.2 Å². The molecule has 0 spiro atoms. The van der Waals surface area contributed by atoms with E-state index in [4.69, 9.17) is 5.73 Å². The molecule has 94 valence electrons. The summed E-state index contributed by atoms with van der Waals surface area (Å²) >= 11 is 0. The summed E-state index contributed by atoms with van der Waals surface area (Å²) in [7, 11) is 0. The van der Waals surface area contributed by atoms with Crippen LogP contribution in [0, 0.1) is 0 Å². The largest absolute Gasteiger partial charge is 0.328 e. The van der Waals surface area contributed by atoms with E-state index in [-0.39, 0.29) is 0 Å². The zero-order valence-corrected chi connectivity index (χ0v) is 10.7. The molecular weight excluding hydrogens is 198 g/mol. The van der Waals surface area contributed by atoms with Gasteiger partial charge in [0.25, 0.3) is 0 Å². The van der Waals surface area contributed by atoms with Gasteiger partial charge < -0.3 is 10.6 Å². The van der Waals surface area contributed by atoms with Crippen LogP contribution in [0.1, 0.15) is 39.0 Å². The van der Waals surface area contributed by atoms with Crippen LogP contribution >= 0.6 is 0 Å². The maximum absolute atomic E-state index is 5.80. The van der Waals surface area contributed by atoms with Crippen LogP contribution in [0.5, 0.6) is 0 Å². The summed E-state index contributed by atoms with van der Waals surface area (Å²) in [5.41, 5.74) is 5.80. The number of rotatable bonds is 4. The quantitative estimate of drug-likeness (QED) is 0.782. The van der Waals surface area contributed by atoms with Crippen molar-refractivity contribution in [2.24, 2.45) is 5.73 Å². The third-order valence-electron chi connectivity index (χ3n) is 4.02. The van der Waals surface area contributed by atoms with Crippen molar-refractivity contribution in [1.29, 1.82) is 0 Å². The highest BCUT2D eigenvalue weighted by Crippen LogP contribution is 2.21. The van der Waals surface area contributed by atoms with Gasteiger partial charge in [0.2, 0.25) is 0 Å². The molecule has 0 saturated carbocycles. The van der Waals surface area contributed by atoms with E-state index in [0.717, 1.165) is 6.04 Å². The predicted octanol–water partition coefficient (Wildman–Crippen LogP) is 1.28. The van der Waals surface area contributed by atoms with E-state index in [1.54, 1.807) is 0 Å². The summed E-state index contributed by atoms with van der Waals surface area (Å²) in [4.78, 5) is 5.37. The Hall–Kier alpha value is -0.120. The van der Waals surface area contributed by atoms with Gasteiger partial charge in [-0.3, -0.25) is 4.90 Å². The van der Waals surface area contributed by atoms with Crippen LogP contribution in [0.25, 0.3) is 0 Å². The fraction of sp³-hybridized carbons (Fsp3) is 1.00. The van der Waals surface area contributed by atoms with Crippen LogP contribution in [0.3, 0.4) is 0 Å². The van der Waals surface area contributed by atoms with E-state index in [1.807, 2.05) is 0 Å². The van der Waals surface area contributed by atoms with E-state index >= 15 is 0 Å². The summed E-state index contributed by atoms with van der Waals surface area (Å²) in [6, 6.07) is 1.23. The Morgan fingerprint density at radius 3 is 2.88 bits per heavy atom. The first-order valence-corrected chi connectivity index (χ1v) is 6.97. The Labute approximate surface area is 100.0 Å². The minimum atomic E-state index is 0.370. The van der Waals surface area contributed by atoms with Crippen molar-refractivity contribution in [1.82, 2.24) is 9.80 Å². The zero-order chi connectivity index (χ0) is 11.4. The normalized spacial score (nSPS) is 30.0. The molecule has 0 amide bonds. The molecule has 0 aliphatic carbocycles. The number of nitrogens with zero attached hydrogens (tertiary/aromatic N) is 2. The molecule has 2 fully saturated rings. The number of hydrogen-bond acceptors (Lipinski definition) is 3. The summed E-state index contributed by atoms with van der Waals surface area (Å²) in [6.07, 6.45) is 6.63. The van der Waals surface area contributed by atoms with E-state index in [0.29, 0.717) is 6.04 Å². The minimum Gasteiger partial charge on any atom is -0.328 e. The number of fused-ring (bicyclic) bond motifs is 1. The molecule has 0 aromatic carbocycles. The molecular formula is C13H27N3. The van der Waals surface area contributed by atoms with Crippen molar-refractivity contribution < 1.29 is 0 Å². The molecule has 3 nitrogen and oxygen atoms in total. The molecule has 2 saturated heterocycles. The van der Waals surface area contributed by atoms with E-state index in [9.17, 15) is 0 Å². The van der Waals surface area contributed by atoms with Gasteiger partial charge in [0, 0.05) is 18.6 Å². The molecule has 3 heteroatoms. The molecule has 2 atom stereocenters. The first-order valence-electron chi connectivity index (χ1n) is 6.97. The van der Waals surface area contributed by atoms with E-state index in [2.05, 4.69) is 16.7 Å². The van der Waals surface area contributed by atoms with Gasteiger partial charge >= 0.3 is 0 Å². The van der Waals surface area contributed by atoms with E-state index < -0.39 is 0 Å². The smallest absolute Gasteiger partial charge is 0.0223 e. The van der Waals surface area contributed by atoms with Crippen LogP contribution in [-0.4, -0.2) is 54.6 Å². The van der Waals surface area contributed by atoms with Gasteiger partial charge in [-0.15, -0.1) is 0 Å². The lowest BCUT2D eigenvalue weighted by Crippen LogP contribution is -2.37. The van der Waals surface area contributed by atoms with Crippen LogP contribution in [0.4, 0.5) is 0 Å². The SMILES string of the molecule is CC(N)CCCN1CCCN2CCCC2C1. The second kappa shape index (κ2) is 5.99. The molecule has 2 N–H and O–H groups in total. The topological polar surface area (TPSA) is 32.5 Å². The molecule has 0 bridgehead atoms. The van der Waals surface area contributed by atoms with Crippen molar-refractivity contribution in [2.75, 3.05) is 32.7 Å². The Balaban J connectivity index is 1.73. The molecule has 2 rings (SSSR count). The molecule has 0 aromatic rings. The monoisotopic (exact) mass is 225 g/mol. The van der Waals surface area contributed by atoms with Crippen molar-refractivity contribution in [2.45, 2.75) is 51.1 Å². The highest BCUT2D eigenvalue weighted by molar-refractivity contribution is 4.84. The van der Waals surface area contributed by atoms with Crippen molar-refractivity contribution in [3.05, 3.63) is 0 Å². The third kappa shape index (κ3) is 3.44. The van der Waals surface area contributed by atoms with Crippen molar-refractivity contribution >= 4 is 0 Å². The Morgan fingerprint density at radius 1 is 1.25 bits per heavy atom. The average molecular weight is 225 g/mol. The molecule has 2 aliphatic heterocycles. The maximum atomic E-state index is 5.80. The minimum absolute atomic E-state index is 0.370. The summed E-state index contributed by atoms with van der Waals surface area (Å²) in [6.45, 7) is 8.64. The summed E-state index contributed by atoms with van der Waals surface area (Å²) in [5.74, 6) is 0. The first kappa shape index (κ1) is 12.3. The number of hydrogen-bond donors (Lipinski definition) is 1. The van der Waals surface area contributed by atoms with Crippen LogP contribution < -0.4 is 5.73 Å². The van der Waals surface area contributed by atoms with Gasteiger partial charge in [0.1, 0.15) is 0 Å².